The van der Waals surface area contributed by atoms with Gasteiger partial charge in [0, 0.05) is 24.3 Å². The van der Waals surface area contributed by atoms with Crippen molar-refractivity contribution in [1.29, 1.82) is 0 Å². The summed E-state index contributed by atoms with van der Waals surface area (Å²) in [5, 5.41) is 1.15. The fourth-order valence-electron chi connectivity index (χ4n) is 1.22. The molecule has 70 valence electrons. The molecule has 1 aromatic carbocycles. The first-order valence-corrected chi connectivity index (χ1v) is 4.95. The van der Waals surface area contributed by atoms with E-state index < -0.39 is 0 Å². The summed E-state index contributed by atoms with van der Waals surface area (Å²) < 4.78 is 1.97. The number of halogens is 2. The van der Waals surface area contributed by atoms with E-state index in [0.29, 0.717) is 10.0 Å². The highest BCUT2D eigenvalue weighted by atomic mass is 35.5. The maximum atomic E-state index is 5.92. The first-order valence-electron chi connectivity index (χ1n) is 4.19. The van der Waals surface area contributed by atoms with Crippen molar-refractivity contribution in [2.75, 3.05) is 0 Å². The average Bonchev–Trinajstić information content (AvgIpc) is 2.23. The van der Waals surface area contributed by atoms with E-state index in [4.69, 9.17) is 23.2 Å². The summed E-state index contributed by atoms with van der Waals surface area (Å²) >= 11 is 11.7. The predicted molar refractivity (Wildman–Crippen MR) is 58.0 cm³/mol. The number of hydrogen-bond acceptors (Lipinski definition) is 0. The third kappa shape index (κ3) is 1.89. The molecule has 2 aromatic rings. The van der Waals surface area contributed by atoms with Crippen molar-refractivity contribution in [2.45, 2.75) is 0 Å². The van der Waals surface area contributed by atoms with E-state index >= 15 is 0 Å². The van der Waals surface area contributed by atoms with E-state index in [1.807, 2.05) is 47.3 Å². The molecular formula is C11H8Cl2N+. The van der Waals surface area contributed by atoms with Crippen molar-refractivity contribution < 1.29 is 4.57 Å². The van der Waals surface area contributed by atoms with Crippen molar-refractivity contribution in [3.63, 3.8) is 0 Å². The largest absolute Gasteiger partial charge is 0.212 e. The van der Waals surface area contributed by atoms with Crippen LogP contribution in [0, 0.1) is 0 Å². The highest BCUT2D eigenvalue weighted by Crippen LogP contribution is 2.22. The minimum atomic E-state index is 0.570. The maximum absolute atomic E-state index is 5.92. The molecule has 2 rings (SSSR count). The Balaban J connectivity index is 2.48. The SMILES string of the molecule is Clc1ccc(-[n+]2ccccc2)cc1Cl. The first-order chi connectivity index (χ1) is 6.77. The van der Waals surface area contributed by atoms with E-state index in [1.54, 1.807) is 6.07 Å². The van der Waals surface area contributed by atoms with Gasteiger partial charge in [0.2, 0.25) is 5.69 Å². The van der Waals surface area contributed by atoms with Gasteiger partial charge in [-0.2, -0.15) is 4.57 Å². The predicted octanol–water partition coefficient (Wildman–Crippen LogP) is 3.27. The molecule has 0 aliphatic carbocycles. The van der Waals surface area contributed by atoms with Gasteiger partial charge in [-0.3, -0.25) is 0 Å². The Bertz CT molecular complexity index is 440. The molecule has 0 N–H and O–H groups in total. The summed E-state index contributed by atoms with van der Waals surface area (Å²) in [6.07, 6.45) is 3.92. The van der Waals surface area contributed by atoms with Crippen LogP contribution in [0.5, 0.6) is 0 Å². The van der Waals surface area contributed by atoms with Gasteiger partial charge in [0.25, 0.3) is 0 Å². The lowest BCUT2D eigenvalue weighted by molar-refractivity contribution is -0.595. The summed E-state index contributed by atoms with van der Waals surface area (Å²) in [6, 6.07) is 11.4. The Morgan fingerprint density at radius 2 is 1.57 bits per heavy atom. The molecule has 0 bridgehead atoms. The highest BCUT2D eigenvalue weighted by Gasteiger charge is 2.06. The molecule has 1 aromatic heterocycles. The number of pyridine rings is 1. The van der Waals surface area contributed by atoms with E-state index in [2.05, 4.69) is 0 Å². The van der Waals surface area contributed by atoms with Crippen LogP contribution < -0.4 is 4.57 Å². The standard InChI is InChI=1S/C11H8Cl2N/c12-10-5-4-9(8-11(10)13)14-6-2-1-3-7-14/h1-8H/q+1. The molecule has 0 saturated heterocycles. The second-order valence-corrected chi connectivity index (χ2v) is 3.70. The quantitative estimate of drug-likeness (QED) is 0.655. The fourth-order valence-corrected chi connectivity index (χ4v) is 1.51. The van der Waals surface area contributed by atoms with Crippen molar-refractivity contribution in [3.05, 3.63) is 58.8 Å². The summed E-state index contributed by atoms with van der Waals surface area (Å²) in [4.78, 5) is 0. The van der Waals surface area contributed by atoms with Gasteiger partial charge in [0.1, 0.15) is 0 Å². The number of nitrogens with zero attached hydrogens (tertiary/aromatic N) is 1. The maximum Gasteiger partial charge on any atom is 0.212 e. The van der Waals surface area contributed by atoms with Crippen molar-refractivity contribution in [2.24, 2.45) is 0 Å². The zero-order chi connectivity index (χ0) is 9.97. The summed E-state index contributed by atoms with van der Waals surface area (Å²) in [5.41, 5.74) is 1.00. The second-order valence-electron chi connectivity index (χ2n) is 2.88. The van der Waals surface area contributed by atoms with Gasteiger partial charge >= 0.3 is 0 Å². The van der Waals surface area contributed by atoms with Gasteiger partial charge < -0.3 is 0 Å². The van der Waals surface area contributed by atoms with Crippen LogP contribution in [-0.2, 0) is 0 Å². The lowest BCUT2D eigenvalue weighted by atomic mass is 10.3. The molecule has 0 amide bonds. The van der Waals surface area contributed by atoms with E-state index in [1.165, 1.54) is 0 Å². The Morgan fingerprint density at radius 3 is 2.21 bits per heavy atom. The monoisotopic (exact) mass is 224 g/mol. The Hall–Kier alpha value is -1.05. The molecule has 0 saturated carbocycles. The number of benzene rings is 1. The molecule has 0 unspecified atom stereocenters. The van der Waals surface area contributed by atoms with Gasteiger partial charge in [-0.05, 0) is 6.07 Å². The smallest absolute Gasteiger partial charge is 0.167 e. The van der Waals surface area contributed by atoms with E-state index in [0.717, 1.165) is 5.69 Å². The third-order valence-electron chi connectivity index (χ3n) is 1.92. The zero-order valence-corrected chi connectivity index (χ0v) is 8.83. The van der Waals surface area contributed by atoms with Gasteiger partial charge in [-0.1, -0.05) is 29.3 Å². The van der Waals surface area contributed by atoms with Crippen LogP contribution in [0.4, 0.5) is 0 Å². The van der Waals surface area contributed by atoms with Gasteiger partial charge in [-0.25, -0.2) is 0 Å². The molecule has 3 heteroatoms. The Kier molecular flexibility index (Phi) is 2.71. The van der Waals surface area contributed by atoms with Crippen molar-refractivity contribution in [1.82, 2.24) is 0 Å². The molecule has 0 atom stereocenters. The minimum Gasteiger partial charge on any atom is -0.167 e. The molecule has 0 aliphatic heterocycles. The lowest BCUT2D eigenvalue weighted by Gasteiger charge is -1.97. The fraction of sp³-hybridized carbons (Fsp3) is 0. The second kappa shape index (κ2) is 3.99. The van der Waals surface area contributed by atoms with Crippen LogP contribution in [0.1, 0.15) is 0 Å². The van der Waals surface area contributed by atoms with Crippen LogP contribution in [-0.4, -0.2) is 0 Å². The number of rotatable bonds is 1. The van der Waals surface area contributed by atoms with Crippen molar-refractivity contribution >= 4 is 23.2 Å². The molecule has 1 heterocycles. The minimum absolute atomic E-state index is 0.570. The first kappa shape index (κ1) is 9.50. The topological polar surface area (TPSA) is 3.88 Å². The van der Waals surface area contributed by atoms with Crippen LogP contribution in [0.15, 0.2) is 48.8 Å². The molecule has 0 radical (unpaired) electrons. The summed E-state index contributed by atoms with van der Waals surface area (Å²) in [7, 11) is 0. The number of aromatic nitrogens is 1. The molecule has 0 aliphatic rings. The van der Waals surface area contributed by atoms with Gasteiger partial charge in [0.05, 0.1) is 10.0 Å². The molecule has 0 spiro atoms. The highest BCUT2D eigenvalue weighted by molar-refractivity contribution is 6.42. The van der Waals surface area contributed by atoms with E-state index in [9.17, 15) is 0 Å². The van der Waals surface area contributed by atoms with Crippen molar-refractivity contribution in [3.8, 4) is 5.69 Å². The van der Waals surface area contributed by atoms with Gasteiger partial charge in [0.15, 0.2) is 12.4 Å². The lowest BCUT2D eigenvalue weighted by Crippen LogP contribution is -2.28. The zero-order valence-electron chi connectivity index (χ0n) is 7.32. The Morgan fingerprint density at radius 1 is 0.857 bits per heavy atom. The molecule has 14 heavy (non-hydrogen) atoms. The van der Waals surface area contributed by atoms with Crippen LogP contribution in [0.2, 0.25) is 10.0 Å². The number of hydrogen-bond donors (Lipinski definition) is 0. The Labute approximate surface area is 92.5 Å². The molecule has 0 fully saturated rings. The molecule has 1 nitrogen and oxygen atoms in total. The molecular weight excluding hydrogens is 217 g/mol. The summed E-state index contributed by atoms with van der Waals surface area (Å²) in [5.74, 6) is 0. The third-order valence-corrected chi connectivity index (χ3v) is 2.66. The van der Waals surface area contributed by atoms with Gasteiger partial charge in [-0.15, -0.1) is 0 Å². The average molecular weight is 225 g/mol. The van der Waals surface area contributed by atoms with Crippen LogP contribution in [0.25, 0.3) is 5.69 Å². The van der Waals surface area contributed by atoms with Crippen LogP contribution >= 0.6 is 23.2 Å². The summed E-state index contributed by atoms with van der Waals surface area (Å²) in [6.45, 7) is 0. The normalized spacial score (nSPS) is 10.1. The van der Waals surface area contributed by atoms with Crippen LogP contribution in [0.3, 0.4) is 0 Å². The van der Waals surface area contributed by atoms with E-state index in [-0.39, 0.29) is 0 Å².